The lowest BCUT2D eigenvalue weighted by Crippen LogP contribution is -2.52. The van der Waals surface area contributed by atoms with E-state index in [0.29, 0.717) is 18.7 Å². The Balaban J connectivity index is 2.09. The quantitative estimate of drug-likeness (QED) is 0.596. The van der Waals surface area contributed by atoms with Crippen LogP contribution in [0.15, 0.2) is 53.4 Å². The van der Waals surface area contributed by atoms with Gasteiger partial charge in [-0.2, -0.15) is 0 Å². The van der Waals surface area contributed by atoms with Gasteiger partial charge in [0, 0.05) is 29.2 Å². The Hall–Kier alpha value is -2.27. The van der Waals surface area contributed by atoms with Gasteiger partial charge in [-0.3, -0.25) is 9.59 Å². The molecule has 0 aromatic heterocycles. The van der Waals surface area contributed by atoms with Gasteiger partial charge in [0.1, 0.15) is 6.04 Å². The first kappa shape index (κ1) is 24.0. The molecule has 1 atom stereocenters. The number of thioether (sulfide) groups is 1. The van der Waals surface area contributed by atoms with Crippen molar-refractivity contribution in [2.24, 2.45) is 0 Å². The summed E-state index contributed by atoms with van der Waals surface area (Å²) in [7, 11) is 0. The maximum Gasteiger partial charge on any atom is 0.242 e. The predicted octanol–water partition coefficient (Wildman–Crippen LogP) is 5.12. The predicted molar refractivity (Wildman–Crippen MR) is 126 cm³/mol. The van der Waals surface area contributed by atoms with Crippen LogP contribution in [-0.2, 0) is 16.1 Å². The molecule has 0 fully saturated rings. The molecule has 2 rings (SSSR count). The fourth-order valence-corrected chi connectivity index (χ4v) is 3.94. The molecule has 0 aliphatic rings. The molecule has 0 saturated heterocycles. The second-order valence-electron chi connectivity index (χ2n) is 8.84. The number of benzene rings is 2. The molecule has 5 heteroatoms. The van der Waals surface area contributed by atoms with Crippen molar-refractivity contribution in [2.45, 2.75) is 71.0 Å². The van der Waals surface area contributed by atoms with Crippen LogP contribution in [0.2, 0.25) is 0 Å². The van der Waals surface area contributed by atoms with Crippen molar-refractivity contribution < 1.29 is 9.59 Å². The third kappa shape index (κ3) is 7.86. The first-order chi connectivity index (χ1) is 14.0. The Labute approximate surface area is 185 Å². The highest BCUT2D eigenvalue weighted by atomic mass is 32.2. The Morgan fingerprint density at radius 3 is 2.30 bits per heavy atom. The molecular formula is C25H34N2O2S. The van der Waals surface area contributed by atoms with Crippen molar-refractivity contribution >= 4 is 23.6 Å². The summed E-state index contributed by atoms with van der Waals surface area (Å²) in [6.45, 7) is 12.2. The lowest BCUT2D eigenvalue weighted by molar-refractivity contribution is -0.140. The van der Waals surface area contributed by atoms with Crippen LogP contribution >= 0.6 is 11.8 Å². The summed E-state index contributed by atoms with van der Waals surface area (Å²) in [5.74, 6) is 0.544. The Morgan fingerprint density at radius 1 is 1.03 bits per heavy atom. The molecule has 1 N–H and O–H groups in total. The van der Waals surface area contributed by atoms with Gasteiger partial charge in [-0.15, -0.1) is 11.8 Å². The number of rotatable bonds is 8. The third-order valence-corrected chi connectivity index (χ3v) is 5.72. The van der Waals surface area contributed by atoms with E-state index in [-0.39, 0.29) is 17.4 Å². The van der Waals surface area contributed by atoms with Crippen LogP contribution in [-0.4, -0.2) is 34.0 Å². The highest BCUT2D eigenvalue weighted by molar-refractivity contribution is 7.99. The zero-order chi connectivity index (χ0) is 22.3. The largest absolute Gasteiger partial charge is 0.350 e. The van der Waals surface area contributed by atoms with Gasteiger partial charge in [0.25, 0.3) is 0 Å². The van der Waals surface area contributed by atoms with E-state index in [9.17, 15) is 9.59 Å². The number of nitrogens with one attached hydrogen (secondary N) is 1. The van der Waals surface area contributed by atoms with Gasteiger partial charge in [0.2, 0.25) is 11.8 Å². The molecule has 0 heterocycles. The minimum absolute atomic E-state index is 0.00678. The van der Waals surface area contributed by atoms with Crippen LogP contribution in [0.25, 0.3) is 0 Å². The zero-order valence-electron chi connectivity index (χ0n) is 19.0. The van der Waals surface area contributed by atoms with E-state index >= 15 is 0 Å². The van der Waals surface area contributed by atoms with Crippen LogP contribution in [0, 0.1) is 13.8 Å². The summed E-state index contributed by atoms with van der Waals surface area (Å²) in [6.07, 6.45) is 0.386. The molecule has 162 valence electrons. The molecule has 0 aliphatic heterocycles. The van der Waals surface area contributed by atoms with E-state index in [1.54, 1.807) is 16.7 Å². The summed E-state index contributed by atoms with van der Waals surface area (Å²) < 4.78 is 0. The monoisotopic (exact) mass is 426 g/mol. The maximum absolute atomic E-state index is 13.1. The van der Waals surface area contributed by atoms with Crippen LogP contribution in [0.1, 0.15) is 50.8 Å². The molecule has 2 aromatic rings. The molecule has 0 spiro atoms. The molecule has 4 nitrogen and oxygen atoms in total. The molecular weight excluding hydrogens is 392 g/mol. The molecule has 1 unspecified atom stereocenters. The second-order valence-corrected chi connectivity index (χ2v) is 10.0. The van der Waals surface area contributed by atoms with E-state index in [1.807, 2.05) is 52.8 Å². The number of hydrogen-bond donors (Lipinski definition) is 1. The third-order valence-electron chi connectivity index (χ3n) is 4.71. The van der Waals surface area contributed by atoms with Crippen LogP contribution in [0.4, 0.5) is 0 Å². The molecule has 0 radical (unpaired) electrons. The smallest absolute Gasteiger partial charge is 0.242 e. The fraction of sp³-hybridized carbons (Fsp3) is 0.440. The van der Waals surface area contributed by atoms with E-state index in [0.717, 1.165) is 16.0 Å². The van der Waals surface area contributed by atoms with Crippen molar-refractivity contribution in [1.82, 2.24) is 10.2 Å². The van der Waals surface area contributed by atoms with Crippen molar-refractivity contribution in [3.63, 3.8) is 0 Å². The van der Waals surface area contributed by atoms with Gasteiger partial charge < -0.3 is 10.2 Å². The molecule has 0 aliphatic carbocycles. The SMILES string of the molecule is Cc1ccc(SCCC(=O)N(Cc2cccc(C)c2)C(C)C(=O)NC(C)(C)C)cc1. The van der Waals surface area contributed by atoms with Gasteiger partial charge in [-0.1, -0.05) is 47.5 Å². The molecule has 0 saturated carbocycles. The number of aryl methyl sites for hydroxylation is 2. The molecule has 30 heavy (non-hydrogen) atoms. The van der Waals surface area contributed by atoms with Gasteiger partial charge in [0.15, 0.2) is 0 Å². The number of nitrogens with zero attached hydrogens (tertiary/aromatic N) is 1. The first-order valence-corrected chi connectivity index (χ1v) is 11.4. The maximum atomic E-state index is 13.1. The minimum Gasteiger partial charge on any atom is -0.350 e. The normalized spacial score (nSPS) is 12.3. The van der Waals surface area contributed by atoms with Gasteiger partial charge in [0.05, 0.1) is 0 Å². The first-order valence-electron chi connectivity index (χ1n) is 10.4. The second kappa shape index (κ2) is 10.7. The molecule has 0 bridgehead atoms. The molecule has 2 aromatic carbocycles. The average Bonchev–Trinajstić information content (AvgIpc) is 2.65. The van der Waals surface area contributed by atoms with Crippen molar-refractivity contribution in [1.29, 1.82) is 0 Å². The van der Waals surface area contributed by atoms with E-state index in [4.69, 9.17) is 0 Å². The summed E-state index contributed by atoms with van der Waals surface area (Å²) in [5.41, 5.74) is 3.05. The van der Waals surface area contributed by atoms with Crippen LogP contribution in [0.3, 0.4) is 0 Å². The van der Waals surface area contributed by atoms with Crippen LogP contribution in [0.5, 0.6) is 0 Å². The van der Waals surface area contributed by atoms with Crippen molar-refractivity contribution in [3.8, 4) is 0 Å². The van der Waals surface area contributed by atoms with E-state index < -0.39 is 6.04 Å². The minimum atomic E-state index is -0.540. The fourth-order valence-electron chi connectivity index (χ4n) is 3.10. The number of carbonyl (C=O) groups is 2. The highest BCUT2D eigenvalue weighted by Gasteiger charge is 2.28. The van der Waals surface area contributed by atoms with E-state index in [2.05, 4.69) is 42.6 Å². The molecule has 2 amide bonds. The standard InChI is InChI=1S/C25H34N2O2S/c1-18-10-12-22(13-11-18)30-15-14-23(28)27(17-21-9-7-8-19(2)16-21)20(3)24(29)26-25(4,5)6/h7-13,16,20H,14-15,17H2,1-6H3,(H,26,29). The lowest BCUT2D eigenvalue weighted by Gasteiger charge is -2.31. The average molecular weight is 427 g/mol. The number of hydrogen-bond acceptors (Lipinski definition) is 3. The Kier molecular flexibility index (Phi) is 8.54. The lowest BCUT2D eigenvalue weighted by atomic mass is 10.1. The van der Waals surface area contributed by atoms with Gasteiger partial charge in [-0.05, 0) is 59.2 Å². The topological polar surface area (TPSA) is 49.4 Å². The Bertz CT molecular complexity index is 856. The van der Waals surface area contributed by atoms with Crippen molar-refractivity contribution in [3.05, 3.63) is 65.2 Å². The van der Waals surface area contributed by atoms with E-state index in [1.165, 1.54) is 5.56 Å². The number of amides is 2. The highest BCUT2D eigenvalue weighted by Crippen LogP contribution is 2.20. The Morgan fingerprint density at radius 2 is 1.70 bits per heavy atom. The summed E-state index contributed by atoms with van der Waals surface area (Å²) in [5, 5.41) is 3.00. The van der Waals surface area contributed by atoms with Gasteiger partial charge >= 0.3 is 0 Å². The summed E-state index contributed by atoms with van der Waals surface area (Å²) >= 11 is 1.67. The van der Waals surface area contributed by atoms with Crippen LogP contribution < -0.4 is 5.32 Å². The van der Waals surface area contributed by atoms with Crippen molar-refractivity contribution in [2.75, 3.05) is 5.75 Å². The summed E-state index contributed by atoms with van der Waals surface area (Å²) in [6, 6.07) is 15.9. The zero-order valence-corrected chi connectivity index (χ0v) is 19.8. The van der Waals surface area contributed by atoms with Gasteiger partial charge in [-0.25, -0.2) is 0 Å². The summed E-state index contributed by atoms with van der Waals surface area (Å²) in [4.78, 5) is 28.7. The number of carbonyl (C=O) groups excluding carboxylic acids is 2.